The third-order valence-electron chi connectivity index (χ3n) is 2.48. The first-order valence-corrected chi connectivity index (χ1v) is 4.91. The van der Waals surface area contributed by atoms with Crippen LogP contribution in [-0.4, -0.2) is 36.5 Å². The summed E-state index contributed by atoms with van der Waals surface area (Å²) in [7, 11) is 0. The molecule has 0 aromatic carbocycles. The number of carbonyl (C=O) groups is 1. The van der Waals surface area contributed by atoms with E-state index < -0.39 is 0 Å². The highest BCUT2D eigenvalue weighted by Crippen LogP contribution is 2.09. The van der Waals surface area contributed by atoms with E-state index in [1.165, 1.54) is 12.5 Å². The molecule has 1 saturated heterocycles. The maximum Gasteiger partial charge on any atom is 0.243 e. The number of nitrogens with one attached hydrogen (secondary N) is 1. The van der Waals surface area contributed by atoms with Gasteiger partial charge >= 0.3 is 0 Å². The predicted octanol–water partition coefficient (Wildman–Crippen LogP) is 0.773. The third kappa shape index (κ3) is 3.19. The molecule has 1 N–H and O–H groups in total. The predicted molar refractivity (Wildman–Crippen MR) is 53.5 cm³/mol. The Bertz CT molecular complexity index is 191. The Balaban J connectivity index is 2.33. The molecule has 1 aliphatic rings. The van der Waals surface area contributed by atoms with Gasteiger partial charge in [0.2, 0.25) is 5.91 Å². The average molecular weight is 182 g/mol. The van der Waals surface area contributed by atoms with Crippen molar-refractivity contribution in [2.45, 2.75) is 25.8 Å². The first-order chi connectivity index (χ1) is 6.26. The van der Waals surface area contributed by atoms with Gasteiger partial charge in [-0.05, 0) is 32.0 Å². The Kier molecular flexibility index (Phi) is 3.96. The van der Waals surface area contributed by atoms with Gasteiger partial charge in [0.05, 0.1) is 0 Å². The topological polar surface area (TPSA) is 32.3 Å². The zero-order valence-electron chi connectivity index (χ0n) is 8.25. The minimum Gasteiger partial charge on any atom is -0.349 e. The van der Waals surface area contributed by atoms with Crippen molar-refractivity contribution in [2.75, 3.05) is 19.6 Å². The van der Waals surface area contributed by atoms with E-state index in [-0.39, 0.29) is 5.91 Å². The van der Waals surface area contributed by atoms with Crippen molar-refractivity contribution in [3.05, 3.63) is 12.7 Å². The lowest BCUT2D eigenvalue weighted by Gasteiger charge is -2.31. The molecule has 3 heteroatoms. The normalized spacial score (nSPS) is 23.9. The molecule has 0 aromatic heterocycles. The molecule has 74 valence electrons. The van der Waals surface area contributed by atoms with Crippen LogP contribution in [-0.2, 0) is 4.79 Å². The van der Waals surface area contributed by atoms with E-state index in [1.807, 2.05) is 0 Å². The first-order valence-electron chi connectivity index (χ1n) is 4.91. The lowest BCUT2D eigenvalue weighted by atomic mass is 10.1. The quantitative estimate of drug-likeness (QED) is 0.654. The summed E-state index contributed by atoms with van der Waals surface area (Å²) in [6.45, 7) is 8.81. The van der Waals surface area contributed by atoms with Crippen molar-refractivity contribution >= 4 is 5.91 Å². The van der Waals surface area contributed by atoms with Crippen molar-refractivity contribution in [3.63, 3.8) is 0 Å². The maximum absolute atomic E-state index is 11.0. The van der Waals surface area contributed by atoms with E-state index in [9.17, 15) is 4.79 Å². The highest BCUT2D eigenvalue weighted by atomic mass is 16.1. The Hall–Kier alpha value is -0.830. The Morgan fingerprint density at radius 1 is 1.77 bits per heavy atom. The van der Waals surface area contributed by atoms with Crippen molar-refractivity contribution in [1.29, 1.82) is 0 Å². The van der Waals surface area contributed by atoms with E-state index in [1.54, 1.807) is 0 Å². The number of piperidine rings is 1. The smallest absolute Gasteiger partial charge is 0.243 e. The Morgan fingerprint density at radius 2 is 2.54 bits per heavy atom. The minimum absolute atomic E-state index is 0.0528. The van der Waals surface area contributed by atoms with Gasteiger partial charge < -0.3 is 10.2 Å². The first kappa shape index (κ1) is 10.3. The molecule has 3 nitrogen and oxygen atoms in total. The molecular weight excluding hydrogens is 164 g/mol. The van der Waals surface area contributed by atoms with Crippen LogP contribution in [0.3, 0.4) is 0 Å². The highest BCUT2D eigenvalue weighted by molar-refractivity contribution is 5.87. The van der Waals surface area contributed by atoms with Crippen LogP contribution in [0.15, 0.2) is 12.7 Å². The Labute approximate surface area is 79.8 Å². The molecule has 1 amide bonds. The van der Waals surface area contributed by atoms with Gasteiger partial charge in [-0.2, -0.15) is 0 Å². The van der Waals surface area contributed by atoms with Crippen LogP contribution in [0, 0.1) is 0 Å². The van der Waals surface area contributed by atoms with Gasteiger partial charge in [0.1, 0.15) is 0 Å². The van der Waals surface area contributed by atoms with Crippen molar-refractivity contribution in [1.82, 2.24) is 10.2 Å². The highest BCUT2D eigenvalue weighted by Gasteiger charge is 2.18. The van der Waals surface area contributed by atoms with Crippen molar-refractivity contribution < 1.29 is 4.79 Å². The van der Waals surface area contributed by atoms with E-state index in [4.69, 9.17) is 0 Å². The summed E-state index contributed by atoms with van der Waals surface area (Å²) >= 11 is 0. The fourth-order valence-electron chi connectivity index (χ4n) is 1.72. The number of carbonyl (C=O) groups excluding carboxylic acids is 1. The van der Waals surface area contributed by atoms with Gasteiger partial charge in [-0.1, -0.05) is 13.5 Å². The molecule has 0 bridgehead atoms. The number of likely N-dealkylation sites (N-methyl/N-ethyl adjacent to an activating group) is 1. The zero-order valence-corrected chi connectivity index (χ0v) is 8.25. The van der Waals surface area contributed by atoms with Gasteiger partial charge in [0.15, 0.2) is 0 Å². The molecule has 0 unspecified atom stereocenters. The number of rotatable bonds is 3. The second kappa shape index (κ2) is 5.02. The molecule has 0 aliphatic carbocycles. The van der Waals surface area contributed by atoms with Crippen molar-refractivity contribution in [3.8, 4) is 0 Å². The molecule has 1 heterocycles. The van der Waals surface area contributed by atoms with Crippen LogP contribution >= 0.6 is 0 Å². The number of amides is 1. The van der Waals surface area contributed by atoms with Gasteiger partial charge in [0, 0.05) is 12.6 Å². The molecule has 0 radical (unpaired) electrons. The molecule has 0 saturated carbocycles. The summed E-state index contributed by atoms with van der Waals surface area (Å²) in [5.41, 5.74) is 0. The van der Waals surface area contributed by atoms with Crippen LogP contribution in [0.25, 0.3) is 0 Å². The molecular formula is C10H18N2O. The average Bonchev–Trinajstić information content (AvgIpc) is 2.18. The largest absolute Gasteiger partial charge is 0.349 e. The van der Waals surface area contributed by atoms with Gasteiger partial charge in [-0.25, -0.2) is 0 Å². The number of hydrogen-bond donors (Lipinski definition) is 1. The molecule has 1 rings (SSSR count). The summed E-state index contributed by atoms with van der Waals surface area (Å²) in [5, 5.41) is 2.93. The molecule has 1 fully saturated rings. The van der Waals surface area contributed by atoms with E-state index in [0.717, 1.165) is 26.1 Å². The SMILES string of the molecule is C=CC(=O)N[C@@H]1CCCN(CC)C1. The molecule has 0 aromatic rings. The van der Waals surface area contributed by atoms with Crippen LogP contribution in [0.1, 0.15) is 19.8 Å². The fraction of sp³-hybridized carbons (Fsp3) is 0.700. The standard InChI is InChI=1S/C10H18N2O/c1-3-10(13)11-9-6-5-7-12(4-2)8-9/h3,9H,1,4-8H2,2H3,(H,11,13)/t9-/m1/s1. The second-order valence-corrected chi connectivity index (χ2v) is 3.45. The van der Waals surface area contributed by atoms with Gasteiger partial charge in [-0.15, -0.1) is 0 Å². The van der Waals surface area contributed by atoms with Crippen LogP contribution in [0.2, 0.25) is 0 Å². The van der Waals surface area contributed by atoms with Crippen molar-refractivity contribution in [2.24, 2.45) is 0 Å². The van der Waals surface area contributed by atoms with Crippen LogP contribution < -0.4 is 5.32 Å². The molecule has 0 spiro atoms. The monoisotopic (exact) mass is 182 g/mol. The van der Waals surface area contributed by atoms with E-state index >= 15 is 0 Å². The maximum atomic E-state index is 11.0. The van der Waals surface area contributed by atoms with Gasteiger partial charge in [-0.3, -0.25) is 4.79 Å². The lowest BCUT2D eigenvalue weighted by molar-refractivity contribution is -0.117. The summed E-state index contributed by atoms with van der Waals surface area (Å²) in [4.78, 5) is 13.4. The lowest BCUT2D eigenvalue weighted by Crippen LogP contribution is -2.47. The molecule has 1 atom stereocenters. The third-order valence-corrected chi connectivity index (χ3v) is 2.48. The van der Waals surface area contributed by atoms with E-state index in [0.29, 0.717) is 6.04 Å². The van der Waals surface area contributed by atoms with E-state index in [2.05, 4.69) is 23.7 Å². The molecule has 13 heavy (non-hydrogen) atoms. The second-order valence-electron chi connectivity index (χ2n) is 3.45. The summed E-state index contributed by atoms with van der Waals surface area (Å²) in [5.74, 6) is -0.0528. The number of hydrogen-bond acceptors (Lipinski definition) is 2. The minimum atomic E-state index is -0.0528. The van der Waals surface area contributed by atoms with Gasteiger partial charge in [0.25, 0.3) is 0 Å². The van der Waals surface area contributed by atoms with Crippen LogP contribution in [0.5, 0.6) is 0 Å². The number of nitrogens with zero attached hydrogens (tertiary/aromatic N) is 1. The van der Waals surface area contributed by atoms with Crippen LogP contribution in [0.4, 0.5) is 0 Å². The zero-order chi connectivity index (χ0) is 9.68. The summed E-state index contributed by atoms with van der Waals surface area (Å²) in [6.07, 6.45) is 3.61. The Morgan fingerprint density at radius 3 is 3.15 bits per heavy atom. The summed E-state index contributed by atoms with van der Waals surface area (Å²) in [6, 6.07) is 0.319. The molecule has 1 aliphatic heterocycles. The number of likely N-dealkylation sites (tertiary alicyclic amines) is 1. The summed E-state index contributed by atoms with van der Waals surface area (Å²) < 4.78 is 0. The fourth-order valence-corrected chi connectivity index (χ4v) is 1.72.